The first kappa shape index (κ1) is 25.8. The fourth-order valence-electron chi connectivity index (χ4n) is 2.35. The molecule has 0 saturated heterocycles. The van der Waals surface area contributed by atoms with Crippen LogP contribution in [0.15, 0.2) is 30.4 Å². The molecule has 0 unspecified atom stereocenters. The summed E-state index contributed by atoms with van der Waals surface area (Å²) in [6, 6.07) is 4.82. The van der Waals surface area contributed by atoms with Gasteiger partial charge in [0.05, 0.1) is 7.11 Å². The van der Waals surface area contributed by atoms with Gasteiger partial charge in [0.25, 0.3) is 0 Å². The maximum absolute atomic E-state index is 12.0. The summed E-state index contributed by atoms with van der Waals surface area (Å²) in [5.74, 6) is 0.909. The molecule has 0 heterocycles. The first-order valence-corrected chi connectivity index (χ1v) is 10.7. The lowest BCUT2D eigenvalue weighted by molar-refractivity contribution is -0.121. The SMILES string of the molecule is COc1cc(CNC(=O)CCCC/C=C/C(C)C)ccc1OC(=O)OCOP(O)O. The van der Waals surface area contributed by atoms with Gasteiger partial charge in [-0.2, -0.15) is 0 Å². The van der Waals surface area contributed by atoms with Crippen molar-refractivity contribution in [1.29, 1.82) is 0 Å². The Hall–Kier alpha value is -2.19. The van der Waals surface area contributed by atoms with Crippen molar-refractivity contribution in [2.24, 2.45) is 5.92 Å². The van der Waals surface area contributed by atoms with E-state index in [1.54, 1.807) is 12.1 Å². The topological polar surface area (TPSA) is 124 Å². The van der Waals surface area contributed by atoms with Gasteiger partial charge in [-0.25, -0.2) is 4.79 Å². The molecular weight excluding hydrogens is 413 g/mol. The molecular formula is C20H30NO8P. The zero-order valence-corrected chi connectivity index (χ0v) is 18.4. The molecule has 0 saturated carbocycles. The van der Waals surface area contributed by atoms with Gasteiger partial charge in [0.2, 0.25) is 12.7 Å². The summed E-state index contributed by atoms with van der Waals surface area (Å²) in [5, 5.41) is 2.85. The molecule has 0 aliphatic carbocycles. The van der Waals surface area contributed by atoms with Gasteiger partial charge >= 0.3 is 14.8 Å². The molecule has 1 aromatic carbocycles. The number of benzene rings is 1. The number of carbonyl (C=O) groups excluding carboxylic acids is 2. The molecule has 1 amide bonds. The first-order chi connectivity index (χ1) is 14.3. The summed E-state index contributed by atoms with van der Waals surface area (Å²) in [6.07, 6.45) is 6.45. The molecule has 0 aromatic heterocycles. The van der Waals surface area contributed by atoms with Gasteiger partial charge < -0.3 is 29.3 Å². The van der Waals surface area contributed by atoms with E-state index in [9.17, 15) is 9.59 Å². The second-order valence-corrected chi connectivity index (χ2v) is 7.44. The van der Waals surface area contributed by atoms with Gasteiger partial charge in [-0.05, 0) is 42.9 Å². The van der Waals surface area contributed by atoms with Crippen LogP contribution in [-0.4, -0.2) is 35.8 Å². The van der Waals surface area contributed by atoms with E-state index < -0.39 is 21.6 Å². The van der Waals surface area contributed by atoms with Gasteiger partial charge in [-0.1, -0.05) is 32.1 Å². The van der Waals surface area contributed by atoms with E-state index in [1.807, 2.05) is 0 Å². The number of hydrogen-bond donors (Lipinski definition) is 3. The van der Waals surface area contributed by atoms with Crippen LogP contribution in [0.1, 0.15) is 45.1 Å². The van der Waals surface area contributed by atoms with Crippen LogP contribution in [0.4, 0.5) is 4.79 Å². The smallest absolute Gasteiger partial charge is 0.493 e. The zero-order chi connectivity index (χ0) is 22.4. The quantitative estimate of drug-likeness (QED) is 0.105. The lowest BCUT2D eigenvalue weighted by atomic mass is 10.1. The van der Waals surface area contributed by atoms with Crippen molar-refractivity contribution < 1.29 is 38.1 Å². The van der Waals surface area contributed by atoms with Crippen LogP contribution < -0.4 is 14.8 Å². The number of hydrogen-bond acceptors (Lipinski definition) is 8. The number of unbranched alkanes of at least 4 members (excludes halogenated alkanes) is 2. The normalized spacial score (nSPS) is 11.2. The van der Waals surface area contributed by atoms with E-state index in [0.29, 0.717) is 18.9 Å². The number of amides is 1. The highest BCUT2D eigenvalue weighted by atomic mass is 31.2. The Labute approximate surface area is 178 Å². The van der Waals surface area contributed by atoms with Crippen molar-refractivity contribution >= 4 is 20.7 Å². The zero-order valence-electron chi connectivity index (χ0n) is 17.5. The van der Waals surface area contributed by atoms with Gasteiger partial charge in [0, 0.05) is 13.0 Å². The molecule has 3 N–H and O–H groups in total. The Kier molecular flexibility index (Phi) is 12.7. The van der Waals surface area contributed by atoms with Crippen LogP contribution in [0.2, 0.25) is 0 Å². The predicted molar refractivity (Wildman–Crippen MR) is 112 cm³/mol. The molecule has 168 valence electrons. The van der Waals surface area contributed by atoms with Crippen molar-refractivity contribution in [3.8, 4) is 11.5 Å². The van der Waals surface area contributed by atoms with Gasteiger partial charge in [0.15, 0.2) is 11.5 Å². The van der Waals surface area contributed by atoms with E-state index in [-0.39, 0.29) is 17.4 Å². The lowest BCUT2D eigenvalue weighted by Crippen LogP contribution is -2.22. The van der Waals surface area contributed by atoms with Crippen molar-refractivity contribution in [2.75, 3.05) is 13.9 Å². The second-order valence-electron chi connectivity index (χ2n) is 6.68. The van der Waals surface area contributed by atoms with E-state index >= 15 is 0 Å². The second kappa shape index (κ2) is 14.7. The number of nitrogens with one attached hydrogen (secondary N) is 1. The summed E-state index contributed by atoms with van der Waals surface area (Å²) < 4.78 is 19.0. The highest BCUT2D eigenvalue weighted by Gasteiger charge is 2.13. The number of rotatable bonds is 13. The summed E-state index contributed by atoms with van der Waals surface area (Å²) in [5.41, 5.74) is 0.773. The molecule has 10 heteroatoms. The van der Waals surface area contributed by atoms with Crippen LogP contribution in [0, 0.1) is 5.92 Å². The molecule has 30 heavy (non-hydrogen) atoms. The highest BCUT2D eigenvalue weighted by molar-refractivity contribution is 7.39. The maximum Gasteiger partial charge on any atom is 0.516 e. The molecule has 0 aliphatic rings. The van der Waals surface area contributed by atoms with Crippen LogP contribution in [0.25, 0.3) is 0 Å². The average Bonchev–Trinajstić information content (AvgIpc) is 2.69. The largest absolute Gasteiger partial charge is 0.516 e. The first-order valence-electron chi connectivity index (χ1n) is 9.57. The fourth-order valence-corrected chi connectivity index (χ4v) is 2.50. The Morgan fingerprint density at radius 2 is 1.97 bits per heavy atom. The Balaban J connectivity index is 2.41. The molecule has 0 atom stereocenters. The maximum atomic E-state index is 12.0. The van der Waals surface area contributed by atoms with E-state index in [1.165, 1.54) is 13.2 Å². The van der Waals surface area contributed by atoms with E-state index in [0.717, 1.165) is 24.8 Å². The Morgan fingerprint density at radius 1 is 1.20 bits per heavy atom. The Morgan fingerprint density at radius 3 is 2.63 bits per heavy atom. The average molecular weight is 443 g/mol. The number of methoxy groups -OCH3 is 1. The summed E-state index contributed by atoms with van der Waals surface area (Å²) in [4.78, 5) is 40.7. The molecule has 0 radical (unpaired) electrons. The van der Waals surface area contributed by atoms with E-state index in [2.05, 4.69) is 40.6 Å². The minimum absolute atomic E-state index is 0.0292. The minimum atomic E-state index is -2.62. The predicted octanol–water partition coefficient (Wildman–Crippen LogP) is 3.79. The monoisotopic (exact) mass is 443 g/mol. The molecule has 1 aromatic rings. The van der Waals surface area contributed by atoms with Crippen LogP contribution in [0.3, 0.4) is 0 Å². The van der Waals surface area contributed by atoms with E-state index in [4.69, 9.17) is 19.3 Å². The molecule has 1 rings (SSSR count). The Bertz CT molecular complexity index is 693. The van der Waals surface area contributed by atoms with Crippen molar-refractivity contribution in [2.45, 2.75) is 46.1 Å². The highest BCUT2D eigenvalue weighted by Crippen LogP contribution is 2.29. The third-order valence-corrected chi connectivity index (χ3v) is 4.14. The van der Waals surface area contributed by atoms with Gasteiger partial charge in [-0.15, -0.1) is 0 Å². The molecule has 0 bridgehead atoms. The van der Waals surface area contributed by atoms with Crippen LogP contribution >= 0.6 is 8.60 Å². The third kappa shape index (κ3) is 11.7. The molecule has 0 fully saturated rings. The van der Waals surface area contributed by atoms with Gasteiger partial charge in [-0.3, -0.25) is 9.32 Å². The number of carbonyl (C=O) groups is 2. The standard InChI is InChI=1S/C20H30NO8P/c1-15(2)8-6-4-5-7-9-19(22)21-13-16-10-11-17(18(12-16)26-3)29-20(23)27-14-28-30(24)25/h6,8,10-12,15,24-25H,4-5,7,9,13-14H2,1-3H3,(H,21,22)/b8-6+. The van der Waals surface area contributed by atoms with Gasteiger partial charge in [0.1, 0.15) is 0 Å². The summed E-state index contributed by atoms with van der Waals surface area (Å²) >= 11 is 0. The summed E-state index contributed by atoms with van der Waals surface area (Å²) in [7, 11) is -1.20. The van der Waals surface area contributed by atoms with Crippen LogP contribution in [0.5, 0.6) is 11.5 Å². The molecule has 9 nitrogen and oxygen atoms in total. The van der Waals surface area contributed by atoms with Crippen molar-refractivity contribution in [3.05, 3.63) is 35.9 Å². The fraction of sp³-hybridized carbons (Fsp3) is 0.500. The minimum Gasteiger partial charge on any atom is -0.493 e. The number of ether oxygens (including phenoxy) is 3. The molecule has 0 aliphatic heterocycles. The van der Waals surface area contributed by atoms with Crippen molar-refractivity contribution in [3.63, 3.8) is 0 Å². The third-order valence-electron chi connectivity index (χ3n) is 3.80. The number of allylic oxidation sites excluding steroid dienone is 2. The van der Waals surface area contributed by atoms with Crippen LogP contribution in [-0.2, 0) is 20.6 Å². The van der Waals surface area contributed by atoms with Crippen molar-refractivity contribution in [1.82, 2.24) is 5.32 Å². The summed E-state index contributed by atoms with van der Waals surface area (Å²) in [6.45, 7) is 3.92. The lowest BCUT2D eigenvalue weighted by Gasteiger charge is -2.12. The molecule has 0 spiro atoms.